The summed E-state index contributed by atoms with van der Waals surface area (Å²) in [7, 11) is 1.54. The van der Waals surface area contributed by atoms with Gasteiger partial charge >= 0.3 is 5.97 Å². The summed E-state index contributed by atoms with van der Waals surface area (Å²) in [5.41, 5.74) is 0.459. The van der Waals surface area contributed by atoms with Crippen LogP contribution in [0.2, 0.25) is 0 Å². The summed E-state index contributed by atoms with van der Waals surface area (Å²) in [6.45, 7) is 4.01. The van der Waals surface area contributed by atoms with Gasteiger partial charge in [-0.1, -0.05) is 19.8 Å². The average Bonchev–Trinajstić information content (AvgIpc) is 3.44. The molecule has 1 saturated heterocycles. The van der Waals surface area contributed by atoms with Crippen LogP contribution in [0.15, 0.2) is 23.1 Å². The number of anilines is 1. The standard InChI is InChI=1S/C22H27FN2O4/c1-3-4-13-7-9-24(10-8-13)17-6-5-14-19(21(17)29-2)25(18-11-16(18)23)12-15(20(14)26)22(27)28/h5-6,12-13,16,18H,3-4,7-11H2,1-2H3,(H,27,28). The molecule has 1 aromatic heterocycles. The summed E-state index contributed by atoms with van der Waals surface area (Å²) < 4.78 is 21.2. The molecule has 1 saturated carbocycles. The smallest absolute Gasteiger partial charge is 0.341 e. The summed E-state index contributed by atoms with van der Waals surface area (Å²) in [6, 6.07) is 3.03. The van der Waals surface area contributed by atoms with Gasteiger partial charge in [0.1, 0.15) is 11.7 Å². The SMILES string of the molecule is CCCC1CCN(c2ccc3c(=O)c(C(=O)O)cn(C4CC4F)c3c2OC)CC1. The van der Waals surface area contributed by atoms with Crippen molar-refractivity contribution in [2.45, 2.75) is 51.2 Å². The highest BCUT2D eigenvalue weighted by atomic mass is 19.1. The van der Waals surface area contributed by atoms with E-state index in [4.69, 9.17) is 4.74 Å². The van der Waals surface area contributed by atoms with Gasteiger partial charge in [0, 0.05) is 25.7 Å². The Kier molecular flexibility index (Phi) is 5.23. The molecule has 2 heterocycles. The molecule has 2 unspecified atom stereocenters. The predicted molar refractivity (Wildman–Crippen MR) is 110 cm³/mol. The fraction of sp³-hybridized carbons (Fsp3) is 0.545. The van der Waals surface area contributed by atoms with Gasteiger partial charge in [0.05, 0.1) is 29.7 Å². The van der Waals surface area contributed by atoms with E-state index < -0.39 is 23.6 Å². The van der Waals surface area contributed by atoms with Gasteiger partial charge in [-0.3, -0.25) is 4.79 Å². The number of alkyl halides is 1. The van der Waals surface area contributed by atoms with E-state index in [-0.39, 0.29) is 10.9 Å². The van der Waals surface area contributed by atoms with Crippen LogP contribution in [0.5, 0.6) is 5.75 Å². The number of methoxy groups -OCH3 is 1. The number of hydrogen-bond donors (Lipinski definition) is 1. The molecular formula is C22H27FN2O4. The number of rotatable bonds is 6. The van der Waals surface area contributed by atoms with E-state index >= 15 is 0 Å². The van der Waals surface area contributed by atoms with Crippen molar-refractivity contribution in [3.8, 4) is 5.75 Å². The van der Waals surface area contributed by atoms with Crippen molar-refractivity contribution < 1.29 is 19.0 Å². The van der Waals surface area contributed by atoms with Crippen LogP contribution in [0, 0.1) is 5.92 Å². The molecule has 0 radical (unpaired) electrons. The van der Waals surface area contributed by atoms with Crippen LogP contribution < -0.4 is 15.1 Å². The minimum Gasteiger partial charge on any atom is -0.492 e. The van der Waals surface area contributed by atoms with Gasteiger partial charge in [-0.25, -0.2) is 9.18 Å². The molecule has 2 aromatic rings. The first-order valence-corrected chi connectivity index (χ1v) is 10.3. The zero-order valence-electron chi connectivity index (χ0n) is 16.9. The topological polar surface area (TPSA) is 71.8 Å². The Morgan fingerprint density at radius 2 is 2.00 bits per heavy atom. The maximum absolute atomic E-state index is 13.9. The summed E-state index contributed by atoms with van der Waals surface area (Å²) >= 11 is 0. The number of aromatic carboxylic acids is 1. The molecule has 156 valence electrons. The second-order valence-corrected chi connectivity index (χ2v) is 8.14. The molecule has 4 rings (SSSR count). The van der Waals surface area contributed by atoms with Gasteiger partial charge in [0.15, 0.2) is 5.75 Å². The first kappa shape index (κ1) is 19.7. The Hall–Kier alpha value is -2.57. The van der Waals surface area contributed by atoms with Crippen LogP contribution in [0.25, 0.3) is 10.9 Å². The second kappa shape index (κ2) is 7.69. The number of benzene rings is 1. The second-order valence-electron chi connectivity index (χ2n) is 8.14. The summed E-state index contributed by atoms with van der Waals surface area (Å²) in [4.78, 5) is 26.6. The lowest BCUT2D eigenvalue weighted by Crippen LogP contribution is -2.34. The van der Waals surface area contributed by atoms with Crippen molar-refractivity contribution in [3.05, 3.63) is 34.1 Å². The Morgan fingerprint density at radius 1 is 1.31 bits per heavy atom. The van der Waals surface area contributed by atoms with E-state index in [1.807, 2.05) is 6.07 Å². The number of piperidine rings is 1. The average molecular weight is 402 g/mol. The van der Waals surface area contributed by atoms with Crippen LogP contribution in [-0.2, 0) is 0 Å². The molecule has 1 aliphatic heterocycles. The number of ether oxygens (including phenoxy) is 1. The molecule has 2 aliphatic rings. The first-order valence-electron chi connectivity index (χ1n) is 10.3. The van der Waals surface area contributed by atoms with Gasteiger partial charge in [0.2, 0.25) is 5.43 Å². The Morgan fingerprint density at radius 3 is 2.55 bits per heavy atom. The van der Waals surface area contributed by atoms with E-state index in [0.29, 0.717) is 17.7 Å². The molecule has 29 heavy (non-hydrogen) atoms. The van der Waals surface area contributed by atoms with Crippen molar-refractivity contribution in [2.75, 3.05) is 25.1 Å². The number of halogens is 1. The molecule has 0 spiro atoms. The lowest BCUT2D eigenvalue weighted by Gasteiger charge is -2.34. The first-order chi connectivity index (χ1) is 14.0. The van der Waals surface area contributed by atoms with Gasteiger partial charge in [0.25, 0.3) is 0 Å². The van der Waals surface area contributed by atoms with E-state index in [9.17, 15) is 19.1 Å². The van der Waals surface area contributed by atoms with Gasteiger partial charge in [-0.05, 0) is 30.9 Å². The third-order valence-electron chi connectivity index (χ3n) is 6.25. The Balaban J connectivity index is 1.83. The summed E-state index contributed by atoms with van der Waals surface area (Å²) in [5.74, 6) is -0.0508. The molecule has 1 aromatic carbocycles. The highest BCUT2D eigenvalue weighted by Crippen LogP contribution is 2.44. The van der Waals surface area contributed by atoms with Crippen molar-refractivity contribution in [1.29, 1.82) is 0 Å². The number of nitrogens with zero attached hydrogens (tertiary/aromatic N) is 2. The summed E-state index contributed by atoms with van der Waals surface area (Å²) in [6.07, 6.45) is 5.18. The maximum Gasteiger partial charge on any atom is 0.341 e. The highest BCUT2D eigenvalue weighted by molar-refractivity contribution is 5.97. The zero-order chi connectivity index (χ0) is 20.7. The minimum absolute atomic E-state index is 0.255. The van der Waals surface area contributed by atoms with Crippen molar-refractivity contribution in [2.24, 2.45) is 5.92 Å². The predicted octanol–water partition coefficient (Wildman–Crippen LogP) is 4.01. The van der Waals surface area contributed by atoms with E-state index in [2.05, 4.69) is 11.8 Å². The zero-order valence-corrected chi connectivity index (χ0v) is 16.9. The van der Waals surface area contributed by atoms with Crippen LogP contribution in [0.4, 0.5) is 10.1 Å². The number of aromatic nitrogens is 1. The number of carboxylic acid groups (broad SMARTS) is 1. The van der Waals surface area contributed by atoms with Crippen LogP contribution in [-0.4, -0.2) is 42.0 Å². The van der Waals surface area contributed by atoms with Crippen molar-refractivity contribution in [3.63, 3.8) is 0 Å². The third-order valence-corrected chi connectivity index (χ3v) is 6.25. The molecule has 7 heteroatoms. The molecule has 1 aliphatic carbocycles. The minimum atomic E-state index is -1.30. The Labute approximate surface area is 168 Å². The van der Waals surface area contributed by atoms with E-state index in [1.165, 1.54) is 19.0 Å². The molecular weight excluding hydrogens is 375 g/mol. The van der Waals surface area contributed by atoms with E-state index in [1.54, 1.807) is 17.7 Å². The summed E-state index contributed by atoms with van der Waals surface area (Å²) in [5, 5.41) is 9.68. The fourth-order valence-corrected chi connectivity index (χ4v) is 4.58. The highest BCUT2D eigenvalue weighted by Gasteiger charge is 2.41. The normalized spacial score (nSPS) is 22.1. The lowest BCUT2D eigenvalue weighted by molar-refractivity contribution is 0.0694. The number of pyridine rings is 1. The number of carbonyl (C=O) groups is 1. The molecule has 0 amide bonds. The van der Waals surface area contributed by atoms with Crippen LogP contribution in [0.1, 0.15) is 55.4 Å². The van der Waals surface area contributed by atoms with Crippen LogP contribution in [0.3, 0.4) is 0 Å². The molecule has 2 atom stereocenters. The third kappa shape index (κ3) is 3.47. The van der Waals surface area contributed by atoms with Crippen molar-refractivity contribution in [1.82, 2.24) is 4.57 Å². The lowest BCUT2D eigenvalue weighted by atomic mass is 9.92. The molecule has 0 bridgehead atoms. The van der Waals surface area contributed by atoms with Crippen LogP contribution >= 0.6 is 0 Å². The largest absolute Gasteiger partial charge is 0.492 e. The molecule has 2 fully saturated rings. The van der Waals surface area contributed by atoms with Gasteiger partial charge in [-0.15, -0.1) is 0 Å². The molecule has 1 N–H and O–H groups in total. The monoisotopic (exact) mass is 402 g/mol. The Bertz CT molecular complexity index is 994. The number of fused-ring (bicyclic) bond motifs is 1. The maximum atomic E-state index is 13.9. The number of hydrogen-bond acceptors (Lipinski definition) is 4. The fourth-order valence-electron chi connectivity index (χ4n) is 4.58. The van der Waals surface area contributed by atoms with Gasteiger partial charge in [-0.2, -0.15) is 0 Å². The molecule has 6 nitrogen and oxygen atoms in total. The quantitative estimate of drug-likeness (QED) is 0.791. The van der Waals surface area contributed by atoms with Gasteiger partial charge < -0.3 is 19.3 Å². The van der Waals surface area contributed by atoms with E-state index in [0.717, 1.165) is 37.5 Å². The van der Waals surface area contributed by atoms with Crippen molar-refractivity contribution >= 4 is 22.6 Å². The number of carboxylic acids is 1.